The maximum atomic E-state index is 14.0. The number of methoxy groups -OCH3 is 1. The van der Waals surface area contributed by atoms with Crippen LogP contribution < -0.4 is 15.0 Å². The lowest BCUT2D eigenvalue weighted by atomic mass is 10.0. The minimum absolute atomic E-state index is 0.305. The molecule has 1 aromatic carbocycles. The van der Waals surface area contributed by atoms with Gasteiger partial charge in [-0.3, -0.25) is 4.79 Å². The third-order valence-electron chi connectivity index (χ3n) is 4.72. The molecule has 3 rings (SSSR count). The number of aromatic nitrogens is 1. The zero-order valence-electron chi connectivity index (χ0n) is 15.4. The van der Waals surface area contributed by atoms with Gasteiger partial charge in [-0.05, 0) is 37.1 Å². The summed E-state index contributed by atoms with van der Waals surface area (Å²) in [5.41, 5.74) is -1.33. The number of hydrogen-bond donors (Lipinski definition) is 1. The van der Waals surface area contributed by atoms with E-state index in [1.807, 2.05) is 0 Å². The van der Waals surface area contributed by atoms with E-state index in [1.165, 1.54) is 6.07 Å². The molecule has 0 aliphatic carbocycles. The molecule has 0 radical (unpaired) electrons. The Kier molecular flexibility index (Phi) is 5.90. The van der Waals surface area contributed by atoms with Crippen LogP contribution in [0.3, 0.4) is 0 Å². The molecular weight excluding hydrogens is 397 g/mol. The van der Waals surface area contributed by atoms with E-state index in [9.17, 15) is 26.7 Å². The lowest BCUT2D eigenvalue weighted by molar-refractivity contribution is -0.137. The first-order chi connectivity index (χ1) is 13.7. The Morgan fingerprint density at radius 3 is 2.34 bits per heavy atom. The van der Waals surface area contributed by atoms with Crippen molar-refractivity contribution in [3.05, 3.63) is 53.2 Å². The first kappa shape index (κ1) is 20.8. The summed E-state index contributed by atoms with van der Waals surface area (Å²) in [5, 5.41) is 2.66. The fourth-order valence-corrected chi connectivity index (χ4v) is 3.20. The van der Waals surface area contributed by atoms with E-state index < -0.39 is 40.6 Å². The van der Waals surface area contributed by atoms with Gasteiger partial charge in [-0.2, -0.15) is 13.2 Å². The fraction of sp³-hybridized carbons (Fsp3) is 0.368. The number of pyridine rings is 1. The zero-order chi connectivity index (χ0) is 21.2. The summed E-state index contributed by atoms with van der Waals surface area (Å²) in [6.07, 6.45) is -2.74. The maximum Gasteiger partial charge on any atom is 0.417 e. The second-order valence-electron chi connectivity index (χ2n) is 6.58. The minimum atomic E-state index is -4.45. The molecule has 0 spiro atoms. The van der Waals surface area contributed by atoms with Crippen molar-refractivity contribution in [1.29, 1.82) is 0 Å². The summed E-state index contributed by atoms with van der Waals surface area (Å²) < 4.78 is 70.5. The first-order valence-electron chi connectivity index (χ1n) is 8.81. The van der Waals surface area contributed by atoms with Crippen molar-refractivity contribution in [3.63, 3.8) is 0 Å². The minimum Gasteiger partial charge on any atom is -0.493 e. The lowest BCUT2D eigenvalue weighted by Crippen LogP contribution is -2.45. The van der Waals surface area contributed by atoms with E-state index >= 15 is 0 Å². The van der Waals surface area contributed by atoms with Crippen molar-refractivity contribution in [1.82, 2.24) is 10.3 Å². The summed E-state index contributed by atoms with van der Waals surface area (Å²) in [6, 6.07) is 3.69. The molecule has 1 aliphatic heterocycles. The Labute approximate surface area is 163 Å². The third-order valence-corrected chi connectivity index (χ3v) is 4.72. The molecule has 1 aromatic heterocycles. The Morgan fingerprint density at radius 2 is 1.79 bits per heavy atom. The topological polar surface area (TPSA) is 54.5 Å². The number of rotatable bonds is 4. The van der Waals surface area contributed by atoms with Gasteiger partial charge in [-0.1, -0.05) is 0 Å². The average molecular weight is 415 g/mol. The SMILES string of the molecule is COc1c(F)ccc(F)c1C(=O)NC1CCN(c2ccc(C(F)(F)F)cn2)CC1. The van der Waals surface area contributed by atoms with Crippen molar-refractivity contribution in [3.8, 4) is 5.75 Å². The Hall–Kier alpha value is -2.91. The second kappa shape index (κ2) is 8.22. The number of hydrogen-bond acceptors (Lipinski definition) is 4. The number of amides is 1. The number of carbonyl (C=O) groups excluding carboxylic acids is 1. The van der Waals surface area contributed by atoms with Crippen molar-refractivity contribution in [2.24, 2.45) is 0 Å². The van der Waals surface area contributed by atoms with Crippen molar-refractivity contribution < 1.29 is 31.5 Å². The van der Waals surface area contributed by atoms with Gasteiger partial charge in [-0.25, -0.2) is 13.8 Å². The molecule has 2 aromatic rings. The number of halogens is 5. The van der Waals surface area contributed by atoms with E-state index in [-0.39, 0.29) is 6.04 Å². The summed E-state index contributed by atoms with van der Waals surface area (Å²) in [4.78, 5) is 18.1. The largest absolute Gasteiger partial charge is 0.493 e. The van der Waals surface area contributed by atoms with Gasteiger partial charge in [-0.15, -0.1) is 0 Å². The van der Waals surface area contributed by atoms with Crippen molar-refractivity contribution in [2.45, 2.75) is 25.1 Å². The highest BCUT2D eigenvalue weighted by Crippen LogP contribution is 2.30. The van der Waals surface area contributed by atoms with Crippen LogP contribution in [0.2, 0.25) is 0 Å². The van der Waals surface area contributed by atoms with Gasteiger partial charge in [0.25, 0.3) is 5.91 Å². The van der Waals surface area contributed by atoms with Crippen LogP contribution >= 0.6 is 0 Å². The summed E-state index contributed by atoms with van der Waals surface area (Å²) >= 11 is 0. The quantitative estimate of drug-likeness (QED) is 0.773. The summed E-state index contributed by atoms with van der Waals surface area (Å²) in [6.45, 7) is 0.873. The van der Waals surface area contributed by atoms with Gasteiger partial charge in [0.1, 0.15) is 17.2 Å². The monoisotopic (exact) mass is 415 g/mol. The third kappa shape index (κ3) is 4.57. The van der Waals surface area contributed by atoms with Crippen LogP contribution in [0.15, 0.2) is 30.5 Å². The van der Waals surface area contributed by atoms with E-state index in [2.05, 4.69) is 10.3 Å². The number of nitrogens with one attached hydrogen (secondary N) is 1. The Bertz CT molecular complexity index is 879. The van der Waals surface area contributed by atoms with Gasteiger partial charge in [0.2, 0.25) is 0 Å². The predicted molar refractivity (Wildman–Crippen MR) is 94.9 cm³/mol. The Morgan fingerprint density at radius 1 is 1.14 bits per heavy atom. The number of nitrogens with zero attached hydrogens (tertiary/aromatic N) is 2. The number of alkyl halides is 3. The van der Waals surface area contributed by atoms with Crippen LogP contribution in [0, 0.1) is 11.6 Å². The smallest absolute Gasteiger partial charge is 0.417 e. The molecule has 0 atom stereocenters. The number of carbonyl (C=O) groups is 1. The van der Waals surface area contributed by atoms with Crippen LogP contribution in [0.1, 0.15) is 28.8 Å². The molecule has 29 heavy (non-hydrogen) atoms. The fourth-order valence-electron chi connectivity index (χ4n) is 3.20. The summed E-state index contributed by atoms with van der Waals surface area (Å²) in [7, 11) is 1.14. The second-order valence-corrected chi connectivity index (χ2v) is 6.58. The van der Waals surface area contributed by atoms with E-state index in [0.717, 1.165) is 31.5 Å². The van der Waals surface area contributed by atoms with Crippen LogP contribution in [-0.2, 0) is 6.18 Å². The van der Waals surface area contributed by atoms with Crippen LogP contribution in [0.25, 0.3) is 0 Å². The first-order valence-corrected chi connectivity index (χ1v) is 8.81. The summed E-state index contributed by atoms with van der Waals surface area (Å²) in [5.74, 6) is -2.59. The number of ether oxygens (including phenoxy) is 1. The maximum absolute atomic E-state index is 14.0. The molecule has 0 unspecified atom stereocenters. The molecule has 5 nitrogen and oxygen atoms in total. The normalized spacial score (nSPS) is 15.3. The number of anilines is 1. The van der Waals surface area contributed by atoms with Gasteiger partial charge in [0, 0.05) is 25.3 Å². The van der Waals surface area contributed by atoms with Gasteiger partial charge in [0.15, 0.2) is 11.6 Å². The van der Waals surface area contributed by atoms with Gasteiger partial charge < -0.3 is 15.0 Å². The lowest BCUT2D eigenvalue weighted by Gasteiger charge is -2.33. The van der Waals surface area contributed by atoms with Gasteiger partial charge >= 0.3 is 6.18 Å². The molecule has 1 amide bonds. The molecule has 156 valence electrons. The molecule has 2 heterocycles. The van der Waals surface area contributed by atoms with Crippen LogP contribution in [0.5, 0.6) is 5.75 Å². The average Bonchev–Trinajstić information content (AvgIpc) is 2.69. The van der Waals surface area contributed by atoms with Gasteiger partial charge in [0.05, 0.1) is 12.7 Å². The van der Waals surface area contributed by atoms with Crippen molar-refractivity contribution >= 4 is 11.7 Å². The van der Waals surface area contributed by atoms with E-state index in [4.69, 9.17) is 4.74 Å². The molecule has 1 aliphatic rings. The highest BCUT2D eigenvalue weighted by atomic mass is 19.4. The van der Waals surface area contributed by atoms with E-state index in [1.54, 1.807) is 4.90 Å². The van der Waals surface area contributed by atoms with E-state index in [0.29, 0.717) is 31.7 Å². The molecule has 1 fully saturated rings. The molecule has 0 saturated carbocycles. The molecule has 1 saturated heterocycles. The zero-order valence-corrected chi connectivity index (χ0v) is 15.4. The molecule has 1 N–H and O–H groups in total. The molecular formula is C19H18F5N3O2. The predicted octanol–water partition coefficient (Wildman–Crippen LogP) is 3.79. The highest BCUT2D eigenvalue weighted by Gasteiger charge is 2.31. The molecule has 0 bridgehead atoms. The standard InChI is InChI=1S/C19H18F5N3O2/c1-29-17-14(21)4-3-13(20)16(17)18(28)26-12-6-8-27(9-7-12)15-5-2-11(10-25-15)19(22,23)24/h2-5,10,12H,6-9H2,1H3,(H,26,28). The van der Waals surface area contributed by atoms with Crippen LogP contribution in [0.4, 0.5) is 27.8 Å². The Balaban J connectivity index is 1.62. The highest BCUT2D eigenvalue weighted by molar-refractivity contribution is 5.97. The van der Waals surface area contributed by atoms with Crippen LogP contribution in [-0.4, -0.2) is 37.1 Å². The number of benzene rings is 1. The number of piperidine rings is 1. The molecule has 10 heteroatoms. The van der Waals surface area contributed by atoms with Crippen molar-refractivity contribution in [2.75, 3.05) is 25.1 Å².